The lowest BCUT2D eigenvalue weighted by Crippen LogP contribution is -2.06. The van der Waals surface area contributed by atoms with Gasteiger partial charge in [-0.15, -0.1) is 0 Å². The molecule has 0 fully saturated rings. The van der Waals surface area contributed by atoms with E-state index in [-0.39, 0.29) is 6.61 Å². The van der Waals surface area contributed by atoms with Gasteiger partial charge in [-0.2, -0.15) is 0 Å². The van der Waals surface area contributed by atoms with Gasteiger partial charge in [0.15, 0.2) is 11.6 Å². The van der Waals surface area contributed by atoms with E-state index in [9.17, 15) is 8.78 Å². The average Bonchev–Trinajstić information content (AvgIpc) is 2.58. The van der Waals surface area contributed by atoms with Crippen molar-refractivity contribution in [3.05, 3.63) is 59.8 Å². The van der Waals surface area contributed by atoms with E-state index < -0.39 is 11.6 Å². The number of pyridine rings is 1. The maximum atomic E-state index is 13.6. The minimum Gasteiger partial charge on any atom is -0.396 e. The molecule has 0 atom stereocenters. The molecular weight excluding hydrogens is 310 g/mol. The molecule has 0 bridgehead atoms. The van der Waals surface area contributed by atoms with E-state index in [4.69, 9.17) is 5.11 Å². The molecule has 2 N–H and O–H groups in total. The summed E-state index contributed by atoms with van der Waals surface area (Å²) in [6.45, 7) is 2.69. The molecule has 0 amide bonds. The zero-order valence-electron chi connectivity index (χ0n) is 13.3. The fourth-order valence-corrected chi connectivity index (χ4v) is 2.80. The van der Waals surface area contributed by atoms with E-state index >= 15 is 0 Å². The van der Waals surface area contributed by atoms with Gasteiger partial charge >= 0.3 is 0 Å². The van der Waals surface area contributed by atoms with Crippen molar-refractivity contribution in [2.24, 2.45) is 0 Å². The molecule has 0 radical (unpaired) electrons. The van der Waals surface area contributed by atoms with Gasteiger partial charge in [-0.25, -0.2) is 13.8 Å². The van der Waals surface area contributed by atoms with Crippen LogP contribution in [0.3, 0.4) is 0 Å². The summed E-state index contributed by atoms with van der Waals surface area (Å²) >= 11 is 0. The number of nitrogens with one attached hydrogen (secondary N) is 1. The molecule has 0 aliphatic heterocycles. The molecule has 0 aliphatic rings. The van der Waals surface area contributed by atoms with Crippen molar-refractivity contribution in [3.63, 3.8) is 0 Å². The molecule has 3 rings (SSSR count). The molecule has 3 aromatic rings. The first-order valence-electron chi connectivity index (χ1n) is 7.80. The van der Waals surface area contributed by atoms with Crippen molar-refractivity contribution in [1.29, 1.82) is 0 Å². The number of benzene rings is 2. The largest absolute Gasteiger partial charge is 0.396 e. The Hall–Kier alpha value is -2.53. The van der Waals surface area contributed by atoms with Gasteiger partial charge in [0.1, 0.15) is 5.82 Å². The summed E-state index contributed by atoms with van der Waals surface area (Å²) in [5, 5.41) is 14.0. The van der Waals surface area contributed by atoms with Crippen molar-refractivity contribution < 1.29 is 13.9 Å². The highest BCUT2D eigenvalue weighted by molar-refractivity contribution is 6.03. The van der Waals surface area contributed by atoms with Crippen LogP contribution in [-0.2, 0) is 0 Å². The second-order valence-electron chi connectivity index (χ2n) is 5.65. The van der Waals surface area contributed by atoms with Crippen LogP contribution in [-0.4, -0.2) is 23.2 Å². The van der Waals surface area contributed by atoms with Crippen LogP contribution in [0.1, 0.15) is 12.0 Å². The Labute approximate surface area is 139 Å². The third-order valence-electron chi connectivity index (χ3n) is 3.98. The molecule has 1 heterocycles. The summed E-state index contributed by atoms with van der Waals surface area (Å²) in [5.41, 5.74) is 2.37. The van der Waals surface area contributed by atoms with Gasteiger partial charge in [0.2, 0.25) is 0 Å². The second kappa shape index (κ2) is 6.93. The van der Waals surface area contributed by atoms with Gasteiger partial charge in [-0.1, -0.05) is 24.3 Å². The number of aliphatic hydroxyl groups is 1. The minimum absolute atomic E-state index is 0.108. The lowest BCUT2D eigenvalue weighted by Gasteiger charge is -2.14. The van der Waals surface area contributed by atoms with Crippen LogP contribution < -0.4 is 5.32 Å². The summed E-state index contributed by atoms with van der Waals surface area (Å²) in [6.07, 6.45) is 2.29. The summed E-state index contributed by atoms with van der Waals surface area (Å²) in [4.78, 5) is 4.44. The van der Waals surface area contributed by atoms with Crippen LogP contribution >= 0.6 is 0 Å². The molecule has 5 heteroatoms. The monoisotopic (exact) mass is 328 g/mol. The molecule has 0 unspecified atom stereocenters. The predicted molar refractivity (Wildman–Crippen MR) is 92.0 cm³/mol. The molecule has 0 saturated heterocycles. The standard InChI is InChI=1S/C19H18F2N2O/c1-12-4-2-5-14-18(12)15(11-23-19(14)22-8-3-9-24)13-6-7-16(20)17(21)10-13/h2,4-7,10-11,24H,3,8-9H2,1H3,(H,22,23). The highest BCUT2D eigenvalue weighted by atomic mass is 19.2. The van der Waals surface area contributed by atoms with Crippen molar-refractivity contribution in [3.8, 4) is 11.1 Å². The van der Waals surface area contributed by atoms with Crippen molar-refractivity contribution >= 4 is 16.6 Å². The Kier molecular flexibility index (Phi) is 4.71. The second-order valence-corrected chi connectivity index (χ2v) is 5.65. The number of nitrogens with zero attached hydrogens (tertiary/aromatic N) is 1. The zero-order valence-corrected chi connectivity index (χ0v) is 13.3. The SMILES string of the molecule is Cc1cccc2c(NCCCO)ncc(-c3ccc(F)c(F)c3)c12. The lowest BCUT2D eigenvalue weighted by molar-refractivity contribution is 0.292. The maximum Gasteiger partial charge on any atom is 0.159 e. The third-order valence-corrected chi connectivity index (χ3v) is 3.98. The molecular formula is C19H18F2N2O. The van der Waals surface area contributed by atoms with Crippen LogP contribution in [0, 0.1) is 18.6 Å². The van der Waals surface area contributed by atoms with Crippen molar-refractivity contribution in [1.82, 2.24) is 4.98 Å². The molecule has 2 aromatic carbocycles. The number of aromatic nitrogens is 1. The van der Waals surface area contributed by atoms with E-state index in [0.29, 0.717) is 24.3 Å². The van der Waals surface area contributed by atoms with Gasteiger partial charge in [-0.05, 0) is 42.0 Å². The normalized spacial score (nSPS) is 11.0. The maximum absolute atomic E-state index is 13.6. The number of fused-ring (bicyclic) bond motifs is 1. The molecule has 124 valence electrons. The summed E-state index contributed by atoms with van der Waals surface area (Å²) in [7, 11) is 0. The van der Waals surface area contributed by atoms with Gasteiger partial charge in [0.25, 0.3) is 0 Å². The molecule has 1 aromatic heterocycles. The Morgan fingerprint density at radius 3 is 2.71 bits per heavy atom. The summed E-state index contributed by atoms with van der Waals surface area (Å²) < 4.78 is 26.8. The molecule has 0 saturated carbocycles. The van der Waals surface area contributed by atoms with Crippen molar-refractivity contribution in [2.75, 3.05) is 18.5 Å². The summed E-state index contributed by atoms with van der Waals surface area (Å²) in [6, 6.07) is 9.73. The first-order valence-corrected chi connectivity index (χ1v) is 7.80. The number of halogens is 2. The minimum atomic E-state index is -0.876. The number of aliphatic hydroxyl groups excluding tert-OH is 1. The van der Waals surface area contributed by atoms with Crippen molar-refractivity contribution in [2.45, 2.75) is 13.3 Å². The highest BCUT2D eigenvalue weighted by Crippen LogP contribution is 2.34. The van der Waals surface area contributed by atoms with E-state index in [1.807, 2.05) is 25.1 Å². The molecule has 24 heavy (non-hydrogen) atoms. The first kappa shape index (κ1) is 16.3. The van der Waals surface area contributed by atoms with Gasteiger partial charge in [0, 0.05) is 30.3 Å². The zero-order chi connectivity index (χ0) is 17.1. The van der Waals surface area contributed by atoms with Gasteiger partial charge in [0.05, 0.1) is 0 Å². The Balaban J connectivity index is 2.15. The number of rotatable bonds is 5. The molecule has 0 spiro atoms. The average molecular weight is 328 g/mol. The van der Waals surface area contributed by atoms with Crippen LogP contribution in [0.4, 0.5) is 14.6 Å². The van der Waals surface area contributed by atoms with Crippen LogP contribution in [0.5, 0.6) is 0 Å². The van der Waals surface area contributed by atoms with Crippen LogP contribution in [0.25, 0.3) is 21.9 Å². The number of aryl methyl sites for hydroxylation is 1. The van der Waals surface area contributed by atoms with Crippen LogP contribution in [0.15, 0.2) is 42.6 Å². The van der Waals surface area contributed by atoms with Gasteiger partial charge < -0.3 is 10.4 Å². The van der Waals surface area contributed by atoms with E-state index in [2.05, 4.69) is 10.3 Å². The number of hydrogen-bond acceptors (Lipinski definition) is 3. The number of hydrogen-bond donors (Lipinski definition) is 2. The lowest BCUT2D eigenvalue weighted by atomic mass is 9.97. The Morgan fingerprint density at radius 1 is 1.12 bits per heavy atom. The fourth-order valence-electron chi connectivity index (χ4n) is 2.80. The molecule has 3 nitrogen and oxygen atoms in total. The number of anilines is 1. The third kappa shape index (κ3) is 3.08. The van der Waals surface area contributed by atoms with Gasteiger partial charge in [-0.3, -0.25) is 0 Å². The highest BCUT2D eigenvalue weighted by Gasteiger charge is 2.13. The molecule has 0 aliphatic carbocycles. The van der Waals surface area contributed by atoms with E-state index in [1.165, 1.54) is 6.07 Å². The quantitative estimate of drug-likeness (QED) is 0.687. The Bertz CT molecular complexity index is 881. The topological polar surface area (TPSA) is 45.1 Å². The smallest absolute Gasteiger partial charge is 0.159 e. The van der Waals surface area contributed by atoms with E-state index in [1.54, 1.807) is 12.3 Å². The Morgan fingerprint density at radius 2 is 1.96 bits per heavy atom. The predicted octanol–water partition coefficient (Wildman–Crippen LogP) is 4.28. The van der Waals surface area contributed by atoms with Crippen LogP contribution in [0.2, 0.25) is 0 Å². The summed E-state index contributed by atoms with van der Waals surface area (Å²) in [5.74, 6) is -1.03. The fraction of sp³-hybridized carbons (Fsp3) is 0.211. The first-order chi connectivity index (χ1) is 11.6. The van der Waals surface area contributed by atoms with E-state index in [0.717, 1.165) is 28.0 Å².